The molecule has 0 saturated carbocycles. The van der Waals surface area contributed by atoms with Crippen molar-refractivity contribution in [2.75, 3.05) is 6.61 Å². The van der Waals surface area contributed by atoms with Gasteiger partial charge in [-0.05, 0) is 68.8 Å². The Hall–Kier alpha value is -3.81. The van der Waals surface area contributed by atoms with E-state index in [1.165, 1.54) is 48.6 Å². The minimum Gasteiger partial charge on any atom is -0.464 e. The van der Waals surface area contributed by atoms with Crippen LogP contribution in [0.3, 0.4) is 0 Å². The lowest BCUT2D eigenvalue weighted by Gasteiger charge is -2.17. The Morgan fingerprint density at radius 2 is 1.66 bits per heavy atom. The number of ether oxygens (including phenoxy) is 1. The van der Waals surface area contributed by atoms with Crippen LogP contribution in [0.2, 0.25) is 0 Å². The molecule has 3 rings (SSSR count). The summed E-state index contributed by atoms with van der Waals surface area (Å²) in [5, 5.41) is 7.13. The van der Waals surface area contributed by atoms with Crippen LogP contribution < -0.4 is 5.32 Å². The van der Waals surface area contributed by atoms with Crippen LogP contribution in [0.25, 0.3) is 11.8 Å². The number of carbonyl (C=O) groups excluding carboxylic acids is 2. The summed E-state index contributed by atoms with van der Waals surface area (Å²) in [6.07, 6.45) is 2.77. The van der Waals surface area contributed by atoms with Crippen molar-refractivity contribution < 1.29 is 23.1 Å². The molecule has 1 atom stereocenters. The van der Waals surface area contributed by atoms with Gasteiger partial charge in [0, 0.05) is 17.3 Å². The fourth-order valence-electron chi connectivity index (χ4n) is 3.32. The zero-order chi connectivity index (χ0) is 23.3. The molecule has 0 aliphatic carbocycles. The number of nitrogens with one attached hydrogen (secondary N) is 1. The van der Waals surface area contributed by atoms with Crippen LogP contribution in [0.5, 0.6) is 0 Å². The first kappa shape index (κ1) is 22.9. The first-order valence-electron chi connectivity index (χ1n) is 10.0. The van der Waals surface area contributed by atoms with E-state index >= 15 is 0 Å². The number of rotatable bonds is 7. The maximum atomic E-state index is 13.3. The minimum atomic E-state index is -1.09. The largest absolute Gasteiger partial charge is 0.464 e. The molecule has 0 radical (unpaired) electrons. The Morgan fingerprint density at radius 1 is 1.06 bits per heavy atom. The lowest BCUT2D eigenvalue weighted by molar-refractivity contribution is -0.147. The van der Waals surface area contributed by atoms with E-state index in [0.29, 0.717) is 28.2 Å². The summed E-state index contributed by atoms with van der Waals surface area (Å²) in [5.41, 5.74) is 2.87. The van der Waals surface area contributed by atoms with Gasteiger partial charge in [0.1, 0.15) is 11.6 Å². The summed E-state index contributed by atoms with van der Waals surface area (Å²) < 4.78 is 33.1. The van der Waals surface area contributed by atoms with Crippen LogP contribution >= 0.6 is 0 Å². The van der Waals surface area contributed by atoms with Crippen molar-refractivity contribution in [2.24, 2.45) is 0 Å². The summed E-state index contributed by atoms with van der Waals surface area (Å²) in [7, 11) is 0. The Labute approximate surface area is 184 Å². The molecule has 1 unspecified atom stereocenters. The summed E-state index contributed by atoms with van der Waals surface area (Å²) in [6.45, 7) is 5.29. The van der Waals surface area contributed by atoms with Gasteiger partial charge in [-0.1, -0.05) is 12.1 Å². The van der Waals surface area contributed by atoms with Crippen molar-refractivity contribution >= 4 is 18.0 Å². The van der Waals surface area contributed by atoms with Crippen LogP contribution in [-0.4, -0.2) is 28.3 Å². The molecule has 3 aromatic rings. The molecule has 1 amide bonds. The van der Waals surface area contributed by atoms with E-state index in [4.69, 9.17) is 4.74 Å². The molecule has 0 saturated heterocycles. The van der Waals surface area contributed by atoms with Gasteiger partial charge in [0.15, 0.2) is 6.04 Å². The third-order valence-corrected chi connectivity index (χ3v) is 4.81. The van der Waals surface area contributed by atoms with E-state index in [1.54, 1.807) is 37.6 Å². The van der Waals surface area contributed by atoms with Gasteiger partial charge in [-0.25, -0.2) is 18.3 Å². The molecule has 1 N–H and O–H groups in total. The van der Waals surface area contributed by atoms with E-state index < -0.39 is 17.9 Å². The highest BCUT2D eigenvalue weighted by atomic mass is 19.1. The second-order valence-electron chi connectivity index (χ2n) is 7.05. The first-order chi connectivity index (χ1) is 15.3. The maximum Gasteiger partial charge on any atom is 0.333 e. The Balaban J connectivity index is 1.90. The number of hydrogen-bond donors (Lipinski definition) is 1. The van der Waals surface area contributed by atoms with Crippen molar-refractivity contribution in [2.45, 2.75) is 26.8 Å². The molecule has 32 heavy (non-hydrogen) atoms. The average Bonchev–Trinajstić information content (AvgIpc) is 3.06. The average molecular weight is 439 g/mol. The molecule has 166 valence electrons. The summed E-state index contributed by atoms with van der Waals surface area (Å²) >= 11 is 0. The summed E-state index contributed by atoms with van der Waals surface area (Å²) in [5.74, 6) is -1.90. The number of amides is 1. The topological polar surface area (TPSA) is 73.2 Å². The second-order valence-corrected chi connectivity index (χ2v) is 7.05. The molecule has 0 aliphatic heterocycles. The third-order valence-electron chi connectivity index (χ3n) is 4.81. The molecule has 2 aromatic carbocycles. The van der Waals surface area contributed by atoms with Crippen molar-refractivity contribution in [3.05, 3.63) is 88.8 Å². The second kappa shape index (κ2) is 10.00. The third kappa shape index (κ3) is 5.26. The predicted molar refractivity (Wildman–Crippen MR) is 116 cm³/mol. The monoisotopic (exact) mass is 439 g/mol. The van der Waals surface area contributed by atoms with Crippen LogP contribution in [0, 0.1) is 25.5 Å². The highest BCUT2D eigenvalue weighted by Gasteiger charge is 2.30. The lowest BCUT2D eigenvalue weighted by atomic mass is 10.0. The number of nitrogens with zero attached hydrogens (tertiary/aromatic N) is 2. The van der Waals surface area contributed by atoms with Gasteiger partial charge in [-0.2, -0.15) is 5.10 Å². The number of aromatic nitrogens is 2. The van der Waals surface area contributed by atoms with Crippen LogP contribution in [0.1, 0.15) is 35.5 Å². The van der Waals surface area contributed by atoms with E-state index in [1.807, 2.05) is 0 Å². The summed E-state index contributed by atoms with van der Waals surface area (Å²) in [6, 6.07) is 10.3. The van der Waals surface area contributed by atoms with Crippen molar-refractivity contribution in [3.63, 3.8) is 0 Å². The molecule has 1 aromatic heterocycles. The molecule has 0 bridgehead atoms. The van der Waals surface area contributed by atoms with Gasteiger partial charge < -0.3 is 10.1 Å². The standard InChI is InChI=1S/C24H23F2N3O3/c1-4-32-24(31)23(27-21(30)14-7-17-5-8-18(25)9-6-17)22-15(2)28-29(16(22)3)20-12-10-19(26)11-13-20/h5-14,23H,4H2,1-3H3,(H,27,30)/b14-7+. The van der Waals surface area contributed by atoms with Crippen molar-refractivity contribution in [1.29, 1.82) is 0 Å². The normalized spacial score (nSPS) is 12.0. The molecule has 1 heterocycles. The van der Waals surface area contributed by atoms with Gasteiger partial charge in [-0.3, -0.25) is 4.79 Å². The molecular formula is C24H23F2N3O3. The van der Waals surface area contributed by atoms with Gasteiger partial charge in [0.25, 0.3) is 0 Å². The van der Waals surface area contributed by atoms with Gasteiger partial charge in [0.05, 0.1) is 18.0 Å². The highest BCUT2D eigenvalue weighted by Crippen LogP contribution is 2.25. The fourth-order valence-corrected chi connectivity index (χ4v) is 3.32. The molecule has 8 heteroatoms. The quantitative estimate of drug-likeness (QED) is 0.442. The first-order valence-corrected chi connectivity index (χ1v) is 10.0. The zero-order valence-electron chi connectivity index (χ0n) is 17.9. The summed E-state index contributed by atoms with van der Waals surface area (Å²) in [4.78, 5) is 25.3. The minimum absolute atomic E-state index is 0.140. The van der Waals surface area contributed by atoms with E-state index in [2.05, 4.69) is 10.4 Å². The number of halogens is 2. The SMILES string of the molecule is CCOC(=O)C(NC(=O)/C=C/c1ccc(F)cc1)c1c(C)nn(-c2ccc(F)cc2)c1C. The Bertz CT molecular complexity index is 1140. The molecule has 0 spiro atoms. The number of hydrogen-bond acceptors (Lipinski definition) is 4. The Morgan fingerprint density at radius 3 is 2.25 bits per heavy atom. The van der Waals surface area contributed by atoms with Crippen LogP contribution in [0.4, 0.5) is 8.78 Å². The van der Waals surface area contributed by atoms with E-state index in [9.17, 15) is 18.4 Å². The van der Waals surface area contributed by atoms with E-state index in [0.717, 1.165) is 0 Å². The fraction of sp³-hybridized carbons (Fsp3) is 0.208. The highest BCUT2D eigenvalue weighted by molar-refractivity contribution is 5.95. The van der Waals surface area contributed by atoms with Crippen molar-refractivity contribution in [3.8, 4) is 5.69 Å². The van der Waals surface area contributed by atoms with Gasteiger partial charge in [0.2, 0.25) is 5.91 Å². The Kier molecular flexibility index (Phi) is 7.14. The predicted octanol–water partition coefficient (Wildman–Crippen LogP) is 4.20. The van der Waals surface area contributed by atoms with Crippen LogP contribution in [0.15, 0.2) is 54.6 Å². The molecule has 6 nitrogen and oxygen atoms in total. The zero-order valence-corrected chi connectivity index (χ0v) is 17.9. The molecule has 0 aliphatic rings. The maximum absolute atomic E-state index is 13.3. The number of benzene rings is 2. The van der Waals surface area contributed by atoms with Crippen molar-refractivity contribution in [1.82, 2.24) is 15.1 Å². The van der Waals surface area contributed by atoms with E-state index in [-0.39, 0.29) is 18.2 Å². The number of esters is 1. The van der Waals surface area contributed by atoms with Gasteiger partial charge in [-0.15, -0.1) is 0 Å². The number of carbonyl (C=O) groups is 2. The van der Waals surface area contributed by atoms with Crippen LogP contribution in [-0.2, 0) is 14.3 Å². The molecular weight excluding hydrogens is 416 g/mol. The van der Waals surface area contributed by atoms with Gasteiger partial charge >= 0.3 is 5.97 Å². The number of aryl methyl sites for hydroxylation is 1. The smallest absolute Gasteiger partial charge is 0.333 e. The lowest BCUT2D eigenvalue weighted by Crippen LogP contribution is -2.34. The molecule has 0 fully saturated rings.